The quantitative estimate of drug-likeness (QED) is 0.817. The number of nitrogens with one attached hydrogen (secondary N) is 2. The van der Waals surface area contributed by atoms with Crippen LogP contribution in [0, 0.1) is 0 Å². The van der Waals surface area contributed by atoms with Crippen LogP contribution in [0.4, 0.5) is 5.69 Å². The van der Waals surface area contributed by atoms with Crippen LogP contribution in [0.3, 0.4) is 0 Å². The number of rotatable bonds is 5. The van der Waals surface area contributed by atoms with Crippen molar-refractivity contribution < 1.29 is 9.53 Å². The third-order valence-electron chi connectivity index (χ3n) is 3.82. The number of hydrogen-bond donors (Lipinski definition) is 2. The molecular formula is C16H23ClN2O2. The van der Waals surface area contributed by atoms with Gasteiger partial charge in [0.1, 0.15) is 5.75 Å². The first-order chi connectivity index (χ1) is 10.2. The van der Waals surface area contributed by atoms with Gasteiger partial charge in [-0.15, -0.1) is 0 Å². The molecule has 1 amide bonds. The maximum atomic E-state index is 12.0. The molecule has 2 rings (SSSR count). The Morgan fingerprint density at radius 1 is 1.29 bits per heavy atom. The average Bonchev–Trinajstić information content (AvgIpc) is 2.75. The minimum Gasteiger partial charge on any atom is -0.495 e. The predicted octanol–water partition coefficient (Wildman–Crippen LogP) is 3.60. The van der Waals surface area contributed by atoms with E-state index in [1.165, 1.54) is 25.7 Å². The molecule has 1 aromatic carbocycles. The fourth-order valence-electron chi connectivity index (χ4n) is 2.65. The number of carbonyl (C=O) groups excluding carboxylic acids is 1. The fraction of sp³-hybridized carbons (Fsp3) is 0.562. The van der Waals surface area contributed by atoms with Crippen LogP contribution in [0.2, 0.25) is 5.02 Å². The Morgan fingerprint density at radius 3 is 2.67 bits per heavy atom. The van der Waals surface area contributed by atoms with Gasteiger partial charge in [0.05, 0.1) is 18.7 Å². The normalized spacial score (nSPS) is 16.1. The lowest BCUT2D eigenvalue weighted by Gasteiger charge is -2.17. The number of amides is 1. The van der Waals surface area contributed by atoms with Crippen molar-refractivity contribution >= 4 is 23.2 Å². The summed E-state index contributed by atoms with van der Waals surface area (Å²) in [6.07, 6.45) is 7.20. The van der Waals surface area contributed by atoms with Crippen LogP contribution in [0.15, 0.2) is 18.2 Å². The molecule has 0 saturated heterocycles. The molecule has 0 bridgehead atoms. The molecule has 0 radical (unpaired) electrons. The van der Waals surface area contributed by atoms with Crippen molar-refractivity contribution in [3.05, 3.63) is 23.2 Å². The zero-order valence-corrected chi connectivity index (χ0v) is 13.2. The lowest BCUT2D eigenvalue weighted by Crippen LogP contribution is -2.38. The molecule has 2 N–H and O–H groups in total. The first-order valence-corrected chi connectivity index (χ1v) is 7.93. The van der Waals surface area contributed by atoms with Gasteiger partial charge < -0.3 is 15.4 Å². The molecule has 21 heavy (non-hydrogen) atoms. The van der Waals surface area contributed by atoms with Gasteiger partial charge in [0.25, 0.3) is 0 Å². The molecule has 1 aliphatic rings. The smallest absolute Gasteiger partial charge is 0.239 e. The van der Waals surface area contributed by atoms with E-state index >= 15 is 0 Å². The number of halogens is 1. The Labute approximate surface area is 131 Å². The number of carbonyl (C=O) groups is 1. The Kier molecular flexibility index (Phi) is 6.18. The van der Waals surface area contributed by atoms with Crippen LogP contribution >= 0.6 is 11.6 Å². The van der Waals surface area contributed by atoms with E-state index in [1.54, 1.807) is 19.2 Å². The molecule has 5 heteroatoms. The molecule has 1 saturated carbocycles. The Morgan fingerprint density at radius 2 is 2.00 bits per heavy atom. The number of hydrogen-bond acceptors (Lipinski definition) is 3. The minimum atomic E-state index is 0.0378. The highest BCUT2D eigenvalue weighted by molar-refractivity contribution is 6.32. The van der Waals surface area contributed by atoms with Gasteiger partial charge in [0.2, 0.25) is 5.91 Å². The topological polar surface area (TPSA) is 50.4 Å². The number of anilines is 1. The summed E-state index contributed by atoms with van der Waals surface area (Å²) in [6, 6.07) is 5.72. The van der Waals surface area contributed by atoms with Crippen LogP contribution < -0.4 is 15.4 Å². The summed E-state index contributed by atoms with van der Waals surface area (Å²) < 4.78 is 5.16. The largest absolute Gasteiger partial charge is 0.495 e. The van der Waals surface area contributed by atoms with Crippen LogP contribution in [-0.2, 0) is 4.79 Å². The summed E-state index contributed by atoms with van der Waals surface area (Å²) in [5.74, 6) is 0.640. The van der Waals surface area contributed by atoms with Gasteiger partial charge in [0, 0.05) is 17.8 Å². The Bertz CT molecular complexity index is 471. The van der Waals surface area contributed by atoms with E-state index < -0.39 is 0 Å². The Hall–Kier alpha value is -1.42. The standard InChI is InChI=1S/C16H23ClN2O2/c1-21-15-10-13(8-9-14(15)17)18-11-16(20)19-12-6-4-2-3-5-7-12/h8-10,12,18H,2-7,11H2,1H3,(H,19,20). The number of benzene rings is 1. The van der Waals surface area contributed by atoms with Gasteiger partial charge in [-0.1, -0.05) is 37.3 Å². The summed E-state index contributed by atoms with van der Waals surface area (Å²) in [5, 5.41) is 6.77. The highest BCUT2D eigenvalue weighted by Crippen LogP contribution is 2.27. The van der Waals surface area contributed by atoms with Gasteiger partial charge in [-0.25, -0.2) is 0 Å². The first kappa shape index (κ1) is 16.0. The second kappa shape index (κ2) is 8.13. The molecule has 1 fully saturated rings. The van der Waals surface area contributed by atoms with E-state index in [-0.39, 0.29) is 12.5 Å². The number of methoxy groups -OCH3 is 1. The highest BCUT2D eigenvalue weighted by Gasteiger charge is 2.14. The van der Waals surface area contributed by atoms with Crippen molar-refractivity contribution in [3.63, 3.8) is 0 Å². The van der Waals surface area contributed by atoms with E-state index in [0.29, 0.717) is 16.8 Å². The van der Waals surface area contributed by atoms with Gasteiger partial charge in [-0.2, -0.15) is 0 Å². The van der Waals surface area contributed by atoms with Crippen molar-refractivity contribution in [2.75, 3.05) is 19.0 Å². The molecule has 0 aliphatic heterocycles. The molecule has 0 atom stereocenters. The van der Waals surface area contributed by atoms with E-state index in [9.17, 15) is 4.79 Å². The summed E-state index contributed by atoms with van der Waals surface area (Å²) in [6.45, 7) is 0.265. The molecule has 4 nitrogen and oxygen atoms in total. The van der Waals surface area contributed by atoms with Gasteiger partial charge in [-0.3, -0.25) is 4.79 Å². The number of ether oxygens (including phenoxy) is 1. The van der Waals surface area contributed by atoms with E-state index in [0.717, 1.165) is 18.5 Å². The first-order valence-electron chi connectivity index (χ1n) is 7.56. The highest BCUT2D eigenvalue weighted by atomic mass is 35.5. The summed E-state index contributed by atoms with van der Waals surface area (Å²) in [4.78, 5) is 12.0. The molecule has 0 spiro atoms. The maximum Gasteiger partial charge on any atom is 0.239 e. The molecule has 1 aliphatic carbocycles. The lowest BCUT2D eigenvalue weighted by molar-refractivity contribution is -0.120. The van der Waals surface area contributed by atoms with Crippen molar-refractivity contribution in [3.8, 4) is 5.75 Å². The van der Waals surface area contributed by atoms with E-state index in [1.807, 2.05) is 6.07 Å². The van der Waals surface area contributed by atoms with Crippen molar-refractivity contribution in [2.45, 2.75) is 44.6 Å². The second-order valence-electron chi connectivity index (χ2n) is 5.46. The lowest BCUT2D eigenvalue weighted by atomic mass is 10.1. The zero-order chi connectivity index (χ0) is 15.1. The molecular weight excluding hydrogens is 288 g/mol. The van der Waals surface area contributed by atoms with Crippen LogP contribution in [-0.4, -0.2) is 25.6 Å². The van der Waals surface area contributed by atoms with Crippen molar-refractivity contribution in [1.29, 1.82) is 0 Å². The van der Waals surface area contributed by atoms with Crippen LogP contribution in [0.1, 0.15) is 38.5 Å². The summed E-state index contributed by atoms with van der Waals surface area (Å²) in [5.41, 5.74) is 0.826. The third kappa shape index (κ3) is 5.12. The van der Waals surface area contributed by atoms with E-state index in [4.69, 9.17) is 16.3 Å². The van der Waals surface area contributed by atoms with Gasteiger partial charge in [-0.05, 0) is 25.0 Å². The summed E-state index contributed by atoms with van der Waals surface area (Å²) in [7, 11) is 1.57. The van der Waals surface area contributed by atoms with Crippen molar-refractivity contribution in [1.82, 2.24) is 5.32 Å². The molecule has 116 valence electrons. The van der Waals surface area contributed by atoms with Gasteiger partial charge in [0.15, 0.2) is 0 Å². The monoisotopic (exact) mass is 310 g/mol. The van der Waals surface area contributed by atoms with Crippen LogP contribution in [0.5, 0.6) is 5.75 Å². The molecule has 0 heterocycles. The zero-order valence-electron chi connectivity index (χ0n) is 12.5. The fourth-order valence-corrected chi connectivity index (χ4v) is 2.85. The SMILES string of the molecule is COc1cc(NCC(=O)NC2CCCCCC2)ccc1Cl. The summed E-state index contributed by atoms with van der Waals surface area (Å²) >= 11 is 5.97. The second-order valence-corrected chi connectivity index (χ2v) is 5.87. The molecule has 0 aromatic heterocycles. The minimum absolute atomic E-state index is 0.0378. The predicted molar refractivity (Wildman–Crippen MR) is 86.1 cm³/mol. The average molecular weight is 311 g/mol. The molecule has 0 unspecified atom stereocenters. The van der Waals surface area contributed by atoms with E-state index in [2.05, 4.69) is 10.6 Å². The van der Waals surface area contributed by atoms with Gasteiger partial charge >= 0.3 is 0 Å². The Balaban J connectivity index is 1.80. The van der Waals surface area contributed by atoms with Crippen molar-refractivity contribution in [2.24, 2.45) is 0 Å². The maximum absolute atomic E-state index is 12.0. The molecule has 1 aromatic rings. The third-order valence-corrected chi connectivity index (χ3v) is 4.14. The van der Waals surface area contributed by atoms with Crippen LogP contribution in [0.25, 0.3) is 0 Å².